The number of nitrogens with one attached hydrogen (secondary N) is 1. The highest BCUT2D eigenvalue weighted by molar-refractivity contribution is 5.40. The van der Waals surface area contributed by atoms with Crippen molar-refractivity contribution in [1.29, 1.82) is 0 Å². The van der Waals surface area contributed by atoms with Crippen LogP contribution in [-0.2, 0) is 0 Å². The summed E-state index contributed by atoms with van der Waals surface area (Å²) in [6.07, 6.45) is 0. The highest BCUT2D eigenvalue weighted by atomic mass is 14.9. The maximum Gasteiger partial charge on any atom is 0.0156 e. The Hall–Kier alpha value is -0.820. The van der Waals surface area contributed by atoms with E-state index in [1.807, 2.05) is 0 Å². The quantitative estimate of drug-likeness (QED) is 0.815. The topological polar surface area (TPSA) is 12.0 Å². The Bertz CT molecular complexity index is 370. The Labute approximate surface area is 113 Å². The Balaban J connectivity index is 3.12. The number of benzene rings is 1. The summed E-state index contributed by atoms with van der Waals surface area (Å²) in [6.45, 7) is 16.9. The molecule has 2 unspecified atom stereocenters. The van der Waals surface area contributed by atoms with Crippen molar-refractivity contribution in [2.75, 3.05) is 6.54 Å². The third kappa shape index (κ3) is 3.35. The SMILES string of the molecule is CCNC(C(C)C)C(C)c1c(C)cc(C)cc1C. The minimum absolute atomic E-state index is 0.551. The molecule has 0 aliphatic carbocycles. The summed E-state index contributed by atoms with van der Waals surface area (Å²) in [7, 11) is 0. The molecule has 1 aromatic carbocycles. The van der Waals surface area contributed by atoms with Crippen LogP contribution in [0.2, 0.25) is 0 Å². The molecule has 0 saturated heterocycles. The second-order valence-corrected chi connectivity index (χ2v) is 5.93. The molecule has 0 heterocycles. The first-order chi connectivity index (χ1) is 8.38. The lowest BCUT2D eigenvalue weighted by molar-refractivity contribution is 0.359. The lowest BCUT2D eigenvalue weighted by atomic mass is 9.82. The molecule has 0 fully saturated rings. The predicted molar refractivity (Wildman–Crippen MR) is 81.4 cm³/mol. The summed E-state index contributed by atoms with van der Waals surface area (Å²) in [4.78, 5) is 0. The van der Waals surface area contributed by atoms with Gasteiger partial charge >= 0.3 is 0 Å². The van der Waals surface area contributed by atoms with Gasteiger partial charge in [-0.3, -0.25) is 0 Å². The Kier molecular flexibility index (Phi) is 5.40. The van der Waals surface area contributed by atoms with Gasteiger partial charge in [-0.2, -0.15) is 0 Å². The molecule has 1 N–H and O–H groups in total. The molecule has 0 aliphatic rings. The van der Waals surface area contributed by atoms with Crippen LogP contribution in [-0.4, -0.2) is 12.6 Å². The molecule has 0 spiro atoms. The molecule has 0 aliphatic heterocycles. The normalized spacial score (nSPS) is 14.9. The highest BCUT2D eigenvalue weighted by Crippen LogP contribution is 2.30. The van der Waals surface area contributed by atoms with E-state index in [1.165, 1.54) is 22.3 Å². The van der Waals surface area contributed by atoms with Crippen LogP contribution < -0.4 is 5.32 Å². The third-order valence-electron chi connectivity index (χ3n) is 3.89. The largest absolute Gasteiger partial charge is 0.313 e. The summed E-state index contributed by atoms with van der Waals surface area (Å²) in [5.41, 5.74) is 5.76. The van der Waals surface area contributed by atoms with Gasteiger partial charge in [0.2, 0.25) is 0 Å². The smallest absolute Gasteiger partial charge is 0.0156 e. The van der Waals surface area contributed by atoms with Crippen molar-refractivity contribution in [3.63, 3.8) is 0 Å². The lowest BCUT2D eigenvalue weighted by Crippen LogP contribution is -2.38. The number of rotatable bonds is 5. The summed E-state index contributed by atoms with van der Waals surface area (Å²) in [5, 5.41) is 3.65. The summed E-state index contributed by atoms with van der Waals surface area (Å²) < 4.78 is 0. The van der Waals surface area contributed by atoms with Gasteiger partial charge in [0.05, 0.1) is 0 Å². The van der Waals surface area contributed by atoms with Gasteiger partial charge in [0.1, 0.15) is 0 Å². The monoisotopic (exact) mass is 247 g/mol. The average Bonchev–Trinajstić information content (AvgIpc) is 2.23. The second-order valence-electron chi connectivity index (χ2n) is 5.93. The van der Waals surface area contributed by atoms with Crippen LogP contribution in [0, 0.1) is 26.7 Å². The Morgan fingerprint density at radius 3 is 1.89 bits per heavy atom. The molecule has 0 aromatic heterocycles. The molecule has 1 nitrogen and oxygen atoms in total. The molecule has 18 heavy (non-hydrogen) atoms. The van der Waals surface area contributed by atoms with Gasteiger partial charge in [0.15, 0.2) is 0 Å². The first-order valence-electron chi connectivity index (χ1n) is 7.19. The molecule has 0 saturated carbocycles. The molecule has 2 atom stereocenters. The van der Waals surface area contributed by atoms with E-state index < -0.39 is 0 Å². The maximum absolute atomic E-state index is 3.65. The molecule has 1 rings (SSSR count). The van der Waals surface area contributed by atoms with E-state index in [-0.39, 0.29) is 0 Å². The lowest BCUT2D eigenvalue weighted by Gasteiger charge is -2.31. The van der Waals surface area contributed by atoms with E-state index in [9.17, 15) is 0 Å². The second kappa shape index (κ2) is 6.38. The zero-order valence-electron chi connectivity index (χ0n) is 13.1. The average molecular weight is 247 g/mol. The zero-order chi connectivity index (χ0) is 13.9. The first-order valence-corrected chi connectivity index (χ1v) is 7.19. The Morgan fingerprint density at radius 2 is 1.50 bits per heavy atom. The van der Waals surface area contributed by atoms with Crippen molar-refractivity contribution < 1.29 is 0 Å². The van der Waals surface area contributed by atoms with E-state index in [4.69, 9.17) is 0 Å². The van der Waals surface area contributed by atoms with Crippen molar-refractivity contribution in [1.82, 2.24) is 5.32 Å². The minimum atomic E-state index is 0.551. The number of hydrogen-bond acceptors (Lipinski definition) is 1. The van der Waals surface area contributed by atoms with Gasteiger partial charge in [0.25, 0.3) is 0 Å². The highest BCUT2D eigenvalue weighted by Gasteiger charge is 2.23. The Morgan fingerprint density at radius 1 is 1.00 bits per heavy atom. The van der Waals surface area contributed by atoms with Crippen molar-refractivity contribution in [2.45, 2.75) is 60.4 Å². The predicted octanol–water partition coefficient (Wildman–Crippen LogP) is 4.35. The van der Waals surface area contributed by atoms with Crippen molar-refractivity contribution in [3.05, 3.63) is 34.4 Å². The molecule has 1 heteroatoms. The van der Waals surface area contributed by atoms with Crippen molar-refractivity contribution >= 4 is 0 Å². The fourth-order valence-electron chi connectivity index (χ4n) is 3.31. The molecule has 0 bridgehead atoms. The molecule has 0 radical (unpaired) electrons. The van der Waals surface area contributed by atoms with Crippen LogP contribution in [0.25, 0.3) is 0 Å². The van der Waals surface area contributed by atoms with Crippen LogP contribution in [0.4, 0.5) is 0 Å². The van der Waals surface area contributed by atoms with Crippen molar-refractivity contribution in [3.8, 4) is 0 Å². The molecule has 102 valence electrons. The van der Waals surface area contributed by atoms with E-state index in [1.54, 1.807) is 0 Å². The van der Waals surface area contributed by atoms with Gasteiger partial charge < -0.3 is 5.32 Å². The van der Waals surface area contributed by atoms with E-state index in [0.29, 0.717) is 17.9 Å². The van der Waals surface area contributed by atoms with Gasteiger partial charge in [0, 0.05) is 6.04 Å². The maximum atomic E-state index is 3.65. The molecule has 0 amide bonds. The summed E-state index contributed by atoms with van der Waals surface area (Å²) in [5.74, 6) is 1.21. The van der Waals surface area contributed by atoms with Crippen LogP contribution in [0.1, 0.15) is 55.9 Å². The third-order valence-corrected chi connectivity index (χ3v) is 3.89. The van der Waals surface area contributed by atoms with Gasteiger partial charge in [-0.25, -0.2) is 0 Å². The van der Waals surface area contributed by atoms with Crippen LogP contribution >= 0.6 is 0 Å². The zero-order valence-corrected chi connectivity index (χ0v) is 13.1. The van der Waals surface area contributed by atoms with Gasteiger partial charge in [-0.05, 0) is 55.8 Å². The fraction of sp³-hybridized carbons (Fsp3) is 0.647. The van der Waals surface area contributed by atoms with Crippen LogP contribution in [0.5, 0.6) is 0 Å². The van der Waals surface area contributed by atoms with Crippen molar-refractivity contribution in [2.24, 2.45) is 5.92 Å². The molecular weight excluding hydrogens is 218 g/mol. The van der Waals surface area contributed by atoms with Gasteiger partial charge in [-0.1, -0.05) is 45.4 Å². The first kappa shape index (κ1) is 15.2. The number of aryl methyl sites for hydroxylation is 3. The number of likely N-dealkylation sites (N-methyl/N-ethyl adjacent to an activating group) is 1. The summed E-state index contributed by atoms with van der Waals surface area (Å²) >= 11 is 0. The molecule has 1 aromatic rings. The van der Waals surface area contributed by atoms with E-state index in [0.717, 1.165) is 6.54 Å². The van der Waals surface area contributed by atoms with Crippen LogP contribution in [0.3, 0.4) is 0 Å². The molecular formula is C17H29N. The number of hydrogen-bond donors (Lipinski definition) is 1. The summed E-state index contributed by atoms with van der Waals surface area (Å²) in [6, 6.07) is 5.17. The van der Waals surface area contributed by atoms with Crippen LogP contribution in [0.15, 0.2) is 12.1 Å². The standard InChI is InChI=1S/C17H29N/c1-8-18-17(11(2)3)15(7)16-13(5)9-12(4)10-14(16)6/h9-11,15,17-18H,8H2,1-7H3. The minimum Gasteiger partial charge on any atom is -0.313 e. The fourth-order valence-corrected chi connectivity index (χ4v) is 3.31. The van der Waals surface area contributed by atoms with Gasteiger partial charge in [-0.15, -0.1) is 0 Å². The van der Waals surface area contributed by atoms with E-state index >= 15 is 0 Å². The van der Waals surface area contributed by atoms with E-state index in [2.05, 4.69) is 65.9 Å².